The van der Waals surface area contributed by atoms with E-state index in [4.69, 9.17) is 5.11 Å². The summed E-state index contributed by atoms with van der Waals surface area (Å²) in [4.78, 5) is 17.9. The van der Waals surface area contributed by atoms with Gasteiger partial charge in [-0.25, -0.2) is 4.98 Å². The van der Waals surface area contributed by atoms with Crippen molar-refractivity contribution in [2.75, 3.05) is 0 Å². The summed E-state index contributed by atoms with van der Waals surface area (Å²) < 4.78 is 0. The molecule has 86 valence electrons. The number of aromatic nitrogens is 2. The van der Waals surface area contributed by atoms with E-state index in [2.05, 4.69) is 9.97 Å². The molecule has 0 bridgehead atoms. The normalized spacial score (nSPS) is 22.4. The van der Waals surface area contributed by atoms with Crippen LogP contribution in [0.2, 0.25) is 0 Å². The van der Waals surface area contributed by atoms with Gasteiger partial charge in [0.1, 0.15) is 0 Å². The molecular weight excluding hydrogens is 216 g/mol. The number of aliphatic carboxylic acids is 1. The van der Waals surface area contributed by atoms with E-state index in [1.54, 1.807) is 6.33 Å². The van der Waals surface area contributed by atoms with Gasteiger partial charge in [-0.2, -0.15) is 0 Å². The van der Waals surface area contributed by atoms with E-state index in [9.17, 15) is 4.79 Å². The molecule has 4 heteroatoms. The van der Waals surface area contributed by atoms with Crippen LogP contribution in [0.5, 0.6) is 0 Å². The Balaban J connectivity index is 1.80. The second kappa shape index (κ2) is 3.73. The summed E-state index contributed by atoms with van der Waals surface area (Å²) in [5.41, 5.74) is 3.06. The maximum Gasteiger partial charge on any atom is 0.307 e. The number of nitrogens with zero attached hydrogens (tertiary/aromatic N) is 1. The molecule has 17 heavy (non-hydrogen) atoms. The Morgan fingerprint density at radius 1 is 1.35 bits per heavy atom. The van der Waals surface area contributed by atoms with Gasteiger partial charge in [0.05, 0.1) is 17.9 Å². The lowest BCUT2D eigenvalue weighted by Gasteiger charge is -2.00. The molecule has 0 saturated heterocycles. The van der Waals surface area contributed by atoms with E-state index in [1.165, 1.54) is 0 Å². The Kier molecular flexibility index (Phi) is 2.21. The summed E-state index contributed by atoms with van der Waals surface area (Å²) in [5.74, 6) is -0.682. The van der Waals surface area contributed by atoms with Crippen LogP contribution in [0.25, 0.3) is 11.3 Å². The molecule has 1 aliphatic carbocycles. The fourth-order valence-corrected chi connectivity index (χ4v) is 2.16. The summed E-state index contributed by atoms with van der Waals surface area (Å²) in [7, 11) is 0. The number of rotatable bonds is 3. The highest BCUT2D eigenvalue weighted by Crippen LogP contribution is 2.47. The molecule has 0 radical (unpaired) electrons. The van der Waals surface area contributed by atoms with E-state index in [0.717, 1.165) is 23.2 Å². The van der Waals surface area contributed by atoms with Crippen LogP contribution in [0.4, 0.5) is 0 Å². The molecule has 1 fully saturated rings. The molecule has 0 aliphatic heterocycles. The van der Waals surface area contributed by atoms with Gasteiger partial charge in [0, 0.05) is 11.8 Å². The van der Waals surface area contributed by atoms with Crippen molar-refractivity contribution < 1.29 is 9.90 Å². The molecule has 1 aromatic heterocycles. The average Bonchev–Trinajstić information content (AvgIpc) is 2.97. The first kappa shape index (κ1) is 10.1. The number of carboxylic acids is 1. The predicted octanol–water partition coefficient (Wildman–Crippen LogP) is 2.26. The van der Waals surface area contributed by atoms with Gasteiger partial charge in [-0.15, -0.1) is 0 Å². The fraction of sp³-hybridized carbons (Fsp3) is 0.231. The highest BCUT2D eigenvalue weighted by Gasteiger charge is 2.43. The topological polar surface area (TPSA) is 66.0 Å². The van der Waals surface area contributed by atoms with Crippen LogP contribution < -0.4 is 0 Å². The van der Waals surface area contributed by atoms with Crippen LogP contribution in [0.1, 0.15) is 17.9 Å². The second-order valence-electron chi connectivity index (χ2n) is 4.36. The number of carbonyl (C=O) groups is 1. The number of benzene rings is 1. The largest absolute Gasteiger partial charge is 0.481 e. The standard InChI is InChI=1S/C13H12N2O2/c16-13(17)11-5-10(11)8-1-3-9(4-2-8)12-6-14-7-15-12/h1-4,6-7,10-11H,5H2,(H,14,15)(H,16,17)/t10-,11+/m1/s1. The third kappa shape index (κ3) is 1.82. The highest BCUT2D eigenvalue weighted by atomic mass is 16.4. The Labute approximate surface area is 98.3 Å². The van der Waals surface area contributed by atoms with Crippen molar-refractivity contribution in [1.29, 1.82) is 0 Å². The molecule has 1 saturated carbocycles. The first-order valence-corrected chi connectivity index (χ1v) is 5.57. The quantitative estimate of drug-likeness (QED) is 0.846. The Morgan fingerprint density at radius 3 is 2.65 bits per heavy atom. The minimum atomic E-state index is -0.689. The smallest absolute Gasteiger partial charge is 0.307 e. The van der Waals surface area contributed by atoms with Crippen molar-refractivity contribution in [3.8, 4) is 11.3 Å². The zero-order valence-electron chi connectivity index (χ0n) is 9.13. The molecule has 2 N–H and O–H groups in total. The first-order chi connectivity index (χ1) is 8.25. The number of aromatic amines is 1. The Bertz CT molecular complexity index is 531. The van der Waals surface area contributed by atoms with Gasteiger partial charge in [-0.3, -0.25) is 4.79 Å². The lowest BCUT2D eigenvalue weighted by Crippen LogP contribution is -1.98. The van der Waals surface area contributed by atoms with Gasteiger partial charge in [0.15, 0.2) is 0 Å². The first-order valence-electron chi connectivity index (χ1n) is 5.57. The second-order valence-corrected chi connectivity index (χ2v) is 4.36. The van der Waals surface area contributed by atoms with Crippen molar-refractivity contribution >= 4 is 5.97 Å². The van der Waals surface area contributed by atoms with Crippen molar-refractivity contribution in [3.05, 3.63) is 42.4 Å². The summed E-state index contributed by atoms with van der Waals surface area (Å²) in [6.07, 6.45) is 4.24. The third-order valence-electron chi connectivity index (χ3n) is 3.24. The van der Waals surface area contributed by atoms with Crippen molar-refractivity contribution in [1.82, 2.24) is 9.97 Å². The van der Waals surface area contributed by atoms with Crippen LogP contribution in [0.15, 0.2) is 36.8 Å². The van der Waals surface area contributed by atoms with E-state index in [0.29, 0.717) is 0 Å². The number of hydrogen-bond donors (Lipinski definition) is 2. The molecule has 0 spiro atoms. The molecule has 2 aromatic rings. The molecule has 3 rings (SSSR count). The average molecular weight is 228 g/mol. The lowest BCUT2D eigenvalue weighted by molar-refractivity contribution is -0.138. The zero-order chi connectivity index (χ0) is 11.8. The third-order valence-corrected chi connectivity index (χ3v) is 3.24. The minimum absolute atomic E-state index is 0.189. The lowest BCUT2D eigenvalue weighted by atomic mass is 10.1. The van der Waals surface area contributed by atoms with Crippen molar-refractivity contribution in [3.63, 3.8) is 0 Å². The van der Waals surface area contributed by atoms with Gasteiger partial charge < -0.3 is 10.1 Å². The molecule has 2 atom stereocenters. The van der Waals surface area contributed by atoms with Gasteiger partial charge >= 0.3 is 5.97 Å². The SMILES string of the molecule is O=C(O)[C@H]1C[C@@H]1c1ccc(-c2c[nH]cn2)cc1. The van der Waals surface area contributed by atoms with Crippen LogP contribution in [-0.2, 0) is 4.79 Å². The molecule has 0 unspecified atom stereocenters. The molecule has 1 aliphatic rings. The summed E-state index contributed by atoms with van der Waals surface area (Å²) in [6, 6.07) is 7.97. The van der Waals surface area contributed by atoms with E-state index in [1.807, 2.05) is 30.5 Å². The van der Waals surface area contributed by atoms with Gasteiger partial charge in [0.2, 0.25) is 0 Å². The number of hydrogen-bond acceptors (Lipinski definition) is 2. The molecular formula is C13H12N2O2. The van der Waals surface area contributed by atoms with Crippen molar-refractivity contribution in [2.45, 2.75) is 12.3 Å². The van der Waals surface area contributed by atoms with Crippen LogP contribution in [-0.4, -0.2) is 21.0 Å². The molecule has 4 nitrogen and oxygen atoms in total. The van der Waals surface area contributed by atoms with Gasteiger partial charge in [-0.05, 0) is 17.9 Å². The monoisotopic (exact) mass is 228 g/mol. The molecule has 0 amide bonds. The van der Waals surface area contributed by atoms with Crippen LogP contribution in [0, 0.1) is 5.92 Å². The van der Waals surface area contributed by atoms with E-state index in [-0.39, 0.29) is 11.8 Å². The summed E-state index contributed by atoms with van der Waals surface area (Å²) >= 11 is 0. The summed E-state index contributed by atoms with van der Waals surface area (Å²) in [5, 5.41) is 8.88. The highest BCUT2D eigenvalue weighted by molar-refractivity contribution is 5.75. The number of carboxylic acid groups (broad SMARTS) is 1. The number of H-pyrrole nitrogens is 1. The zero-order valence-corrected chi connectivity index (χ0v) is 9.13. The minimum Gasteiger partial charge on any atom is -0.481 e. The Morgan fingerprint density at radius 2 is 2.12 bits per heavy atom. The molecule has 1 aromatic carbocycles. The molecule has 1 heterocycles. The summed E-state index contributed by atoms with van der Waals surface area (Å²) in [6.45, 7) is 0. The van der Waals surface area contributed by atoms with E-state index < -0.39 is 5.97 Å². The number of nitrogens with one attached hydrogen (secondary N) is 1. The van der Waals surface area contributed by atoms with E-state index >= 15 is 0 Å². The maximum atomic E-state index is 10.8. The van der Waals surface area contributed by atoms with Gasteiger partial charge in [-0.1, -0.05) is 24.3 Å². The fourth-order valence-electron chi connectivity index (χ4n) is 2.16. The Hall–Kier alpha value is -2.10. The predicted molar refractivity (Wildman–Crippen MR) is 62.5 cm³/mol. The maximum absolute atomic E-state index is 10.8. The van der Waals surface area contributed by atoms with Gasteiger partial charge in [0.25, 0.3) is 0 Å². The van der Waals surface area contributed by atoms with Crippen molar-refractivity contribution in [2.24, 2.45) is 5.92 Å². The van der Waals surface area contributed by atoms with Crippen LogP contribution >= 0.6 is 0 Å². The van der Waals surface area contributed by atoms with Crippen LogP contribution in [0.3, 0.4) is 0 Å². The number of imidazole rings is 1.